The molecule has 1 amide bonds. The van der Waals surface area contributed by atoms with E-state index in [2.05, 4.69) is 22.5 Å². The van der Waals surface area contributed by atoms with Gasteiger partial charge in [0.15, 0.2) is 11.5 Å². The van der Waals surface area contributed by atoms with E-state index in [1.807, 2.05) is 10.9 Å². The molecule has 0 radical (unpaired) electrons. The highest BCUT2D eigenvalue weighted by atomic mass is 16.5. The Kier molecular flexibility index (Phi) is 4.10. The lowest BCUT2D eigenvalue weighted by Crippen LogP contribution is -2.17. The maximum atomic E-state index is 12.3. The summed E-state index contributed by atoms with van der Waals surface area (Å²) < 4.78 is 17.6. The van der Waals surface area contributed by atoms with Crippen molar-refractivity contribution in [1.82, 2.24) is 14.9 Å². The van der Waals surface area contributed by atoms with Crippen LogP contribution in [0, 0.1) is 5.92 Å². The molecule has 0 bridgehead atoms. The van der Waals surface area contributed by atoms with Crippen LogP contribution in [0.1, 0.15) is 29.9 Å². The van der Waals surface area contributed by atoms with E-state index in [4.69, 9.17) is 13.7 Å². The Morgan fingerprint density at radius 1 is 1.44 bits per heavy atom. The van der Waals surface area contributed by atoms with Gasteiger partial charge in [0.25, 0.3) is 5.91 Å². The molecule has 1 aliphatic rings. The molecule has 4 heterocycles. The molecule has 0 saturated carbocycles. The van der Waals surface area contributed by atoms with Crippen molar-refractivity contribution in [2.45, 2.75) is 19.4 Å². The zero-order valence-corrected chi connectivity index (χ0v) is 13.7. The highest BCUT2D eigenvalue weighted by molar-refractivity contribution is 6.03. The van der Waals surface area contributed by atoms with E-state index in [0.29, 0.717) is 23.1 Å². The molecule has 1 saturated heterocycles. The highest BCUT2D eigenvalue weighted by Gasteiger charge is 2.24. The zero-order valence-electron chi connectivity index (χ0n) is 13.7. The van der Waals surface area contributed by atoms with Gasteiger partial charge in [0.1, 0.15) is 0 Å². The Morgan fingerprint density at radius 3 is 3.12 bits per heavy atom. The van der Waals surface area contributed by atoms with E-state index in [9.17, 15) is 4.79 Å². The fourth-order valence-corrected chi connectivity index (χ4v) is 2.89. The minimum Gasteiger partial charge on any atom is -0.461 e. The molecule has 1 fully saturated rings. The maximum Gasteiger partial charge on any atom is 0.277 e. The lowest BCUT2D eigenvalue weighted by Gasteiger charge is -2.17. The molecule has 0 aliphatic carbocycles. The summed E-state index contributed by atoms with van der Waals surface area (Å²) in [6.45, 7) is 3.65. The van der Waals surface area contributed by atoms with Gasteiger partial charge in [-0.15, -0.1) is 0 Å². The number of furan rings is 1. The Bertz CT molecular complexity index is 846. The van der Waals surface area contributed by atoms with Crippen LogP contribution in [0.25, 0.3) is 11.5 Å². The fraction of sp³-hybridized carbons (Fsp3) is 0.353. The van der Waals surface area contributed by atoms with Gasteiger partial charge in [-0.1, -0.05) is 5.16 Å². The minimum atomic E-state index is -0.363. The largest absolute Gasteiger partial charge is 0.461 e. The predicted octanol–water partition coefficient (Wildman–Crippen LogP) is 2.98. The molecule has 1 N–H and O–H groups in total. The third-order valence-corrected chi connectivity index (χ3v) is 4.43. The standard InChI is InChI=1S/C17H18N4O4/c1-11(12-4-6-23-10-12)21-9-13(8-18-21)19-17(22)14-7-16(25-20-14)15-3-2-5-24-15/h2-3,5,7-9,11-12H,4,6,10H2,1H3,(H,19,22)/t11-,12?/m0/s1. The van der Waals surface area contributed by atoms with Crippen molar-refractivity contribution in [2.24, 2.45) is 5.92 Å². The first-order chi connectivity index (χ1) is 12.2. The number of nitrogens with zero attached hydrogens (tertiary/aromatic N) is 3. The molecular formula is C17H18N4O4. The minimum absolute atomic E-state index is 0.177. The molecule has 2 atom stereocenters. The van der Waals surface area contributed by atoms with Crippen LogP contribution < -0.4 is 5.32 Å². The van der Waals surface area contributed by atoms with E-state index >= 15 is 0 Å². The van der Waals surface area contributed by atoms with Crippen LogP contribution in [0.15, 0.2) is 45.8 Å². The number of rotatable bonds is 5. The lowest BCUT2D eigenvalue weighted by atomic mass is 10.0. The highest BCUT2D eigenvalue weighted by Crippen LogP contribution is 2.26. The van der Waals surface area contributed by atoms with Gasteiger partial charge in [-0.05, 0) is 25.5 Å². The Labute approximate surface area is 143 Å². The van der Waals surface area contributed by atoms with Crippen molar-refractivity contribution in [3.63, 3.8) is 0 Å². The number of nitrogens with one attached hydrogen (secondary N) is 1. The summed E-state index contributed by atoms with van der Waals surface area (Å²) in [6, 6.07) is 5.23. The van der Waals surface area contributed by atoms with Gasteiger partial charge < -0.3 is 19.0 Å². The van der Waals surface area contributed by atoms with Gasteiger partial charge in [-0.2, -0.15) is 5.10 Å². The van der Waals surface area contributed by atoms with E-state index in [0.717, 1.165) is 19.6 Å². The van der Waals surface area contributed by atoms with Crippen LogP contribution in [-0.4, -0.2) is 34.1 Å². The molecular weight excluding hydrogens is 324 g/mol. The third-order valence-electron chi connectivity index (χ3n) is 4.43. The number of ether oxygens (including phenoxy) is 1. The summed E-state index contributed by atoms with van der Waals surface area (Å²) in [5, 5.41) is 10.9. The number of aromatic nitrogens is 3. The summed E-state index contributed by atoms with van der Waals surface area (Å²) in [7, 11) is 0. The van der Waals surface area contributed by atoms with Gasteiger partial charge in [0.2, 0.25) is 5.76 Å². The summed E-state index contributed by atoms with van der Waals surface area (Å²) in [4.78, 5) is 12.3. The van der Waals surface area contributed by atoms with Gasteiger partial charge >= 0.3 is 0 Å². The molecule has 25 heavy (non-hydrogen) atoms. The Hall–Kier alpha value is -2.87. The second kappa shape index (κ2) is 6.56. The molecule has 8 nitrogen and oxygen atoms in total. The van der Waals surface area contributed by atoms with Gasteiger partial charge in [-0.3, -0.25) is 9.48 Å². The van der Waals surface area contributed by atoms with E-state index < -0.39 is 0 Å². The molecule has 8 heteroatoms. The number of hydrogen-bond donors (Lipinski definition) is 1. The van der Waals surface area contributed by atoms with Crippen LogP contribution in [0.5, 0.6) is 0 Å². The first-order valence-corrected chi connectivity index (χ1v) is 8.14. The molecule has 0 aromatic carbocycles. The summed E-state index contributed by atoms with van der Waals surface area (Å²) in [6.07, 6.45) is 5.99. The van der Waals surface area contributed by atoms with Crippen LogP contribution in [0.3, 0.4) is 0 Å². The van der Waals surface area contributed by atoms with Crippen molar-refractivity contribution < 1.29 is 18.5 Å². The van der Waals surface area contributed by atoms with E-state index in [-0.39, 0.29) is 17.6 Å². The summed E-state index contributed by atoms with van der Waals surface area (Å²) >= 11 is 0. The summed E-state index contributed by atoms with van der Waals surface area (Å²) in [5.74, 6) is 1.00. The average molecular weight is 342 g/mol. The topological polar surface area (TPSA) is 95.3 Å². The molecule has 1 unspecified atom stereocenters. The van der Waals surface area contributed by atoms with Crippen molar-refractivity contribution in [2.75, 3.05) is 18.5 Å². The average Bonchev–Trinajstić information content (AvgIpc) is 3.42. The smallest absolute Gasteiger partial charge is 0.277 e. The van der Waals surface area contributed by atoms with Gasteiger partial charge in [-0.25, -0.2) is 0 Å². The molecule has 4 rings (SSSR count). The number of anilines is 1. The maximum absolute atomic E-state index is 12.3. The van der Waals surface area contributed by atoms with Gasteiger partial charge in [0, 0.05) is 24.8 Å². The monoisotopic (exact) mass is 342 g/mol. The SMILES string of the molecule is C[C@@H](C1CCOC1)n1cc(NC(=O)c2cc(-c3ccco3)on2)cn1. The van der Waals surface area contributed by atoms with Crippen LogP contribution in [0.4, 0.5) is 5.69 Å². The van der Waals surface area contributed by atoms with E-state index in [1.165, 1.54) is 12.3 Å². The first-order valence-electron chi connectivity index (χ1n) is 8.14. The van der Waals surface area contributed by atoms with Crippen molar-refractivity contribution in [3.05, 3.63) is 42.5 Å². The van der Waals surface area contributed by atoms with Crippen molar-refractivity contribution in [3.8, 4) is 11.5 Å². The van der Waals surface area contributed by atoms with Gasteiger partial charge in [0.05, 0.1) is 30.8 Å². The third kappa shape index (κ3) is 3.20. The molecule has 130 valence electrons. The first kappa shape index (κ1) is 15.6. The predicted molar refractivity (Wildman–Crippen MR) is 88.0 cm³/mol. The van der Waals surface area contributed by atoms with Crippen molar-refractivity contribution in [1.29, 1.82) is 0 Å². The molecule has 1 aliphatic heterocycles. The normalized spacial score (nSPS) is 18.4. The second-order valence-corrected chi connectivity index (χ2v) is 6.08. The van der Waals surface area contributed by atoms with Crippen molar-refractivity contribution >= 4 is 11.6 Å². The van der Waals surface area contributed by atoms with Crippen LogP contribution >= 0.6 is 0 Å². The molecule has 0 spiro atoms. The Morgan fingerprint density at radius 2 is 2.36 bits per heavy atom. The zero-order chi connectivity index (χ0) is 17.2. The fourth-order valence-electron chi connectivity index (χ4n) is 2.89. The lowest BCUT2D eigenvalue weighted by molar-refractivity contribution is 0.101. The van der Waals surface area contributed by atoms with Crippen LogP contribution in [-0.2, 0) is 4.74 Å². The number of amides is 1. The Balaban J connectivity index is 1.43. The number of carbonyl (C=O) groups is 1. The molecule has 3 aromatic rings. The molecule has 3 aromatic heterocycles. The second-order valence-electron chi connectivity index (χ2n) is 6.08. The van der Waals surface area contributed by atoms with Crippen LogP contribution in [0.2, 0.25) is 0 Å². The number of hydrogen-bond acceptors (Lipinski definition) is 6. The quantitative estimate of drug-likeness (QED) is 0.766. The summed E-state index contributed by atoms with van der Waals surface area (Å²) in [5.41, 5.74) is 0.787. The van der Waals surface area contributed by atoms with E-state index in [1.54, 1.807) is 18.3 Å². The number of carbonyl (C=O) groups excluding carboxylic acids is 1.